The lowest BCUT2D eigenvalue weighted by Gasteiger charge is -2.24. The number of carbonyl (C=O) groups is 2. The van der Waals surface area contributed by atoms with E-state index in [9.17, 15) is 19.5 Å². The minimum Gasteiger partial charge on any atom is -0.480 e. The topological polar surface area (TPSA) is 109 Å². The Morgan fingerprint density at radius 1 is 1.24 bits per heavy atom. The van der Waals surface area contributed by atoms with E-state index in [-0.39, 0.29) is 16.1 Å². The highest BCUT2D eigenvalue weighted by molar-refractivity contribution is 7.20. The molecule has 0 amide bonds. The summed E-state index contributed by atoms with van der Waals surface area (Å²) in [6, 6.07) is 0. The fourth-order valence-electron chi connectivity index (χ4n) is 2.24. The van der Waals surface area contributed by atoms with Gasteiger partial charge in [0.25, 0.3) is 5.56 Å². The summed E-state index contributed by atoms with van der Waals surface area (Å²) in [6.07, 6.45) is 0. The molecule has 0 saturated heterocycles. The first kappa shape index (κ1) is 15.2. The molecule has 2 N–H and O–H groups in total. The number of aliphatic carboxylic acids is 1. The summed E-state index contributed by atoms with van der Waals surface area (Å²) in [7, 11) is 0. The van der Waals surface area contributed by atoms with Crippen LogP contribution in [0.25, 0.3) is 10.2 Å². The van der Waals surface area contributed by atoms with E-state index < -0.39 is 23.0 Å². The number of rotatable bonds is 3. The summed E-state index contributed by atoms with van der Waals surface area (Å²) >= 11 is 0.917. The number of aromatic carboxylic acids is 1. The van der Waals surface area contributed by atoms with Crippen LogP contribution in [0, 0.1) is 13.8 Å². The van der Waals surface area contributed by atoms with Gasteiger partial charge < -0.3 is 10.2 Å². The summed E-state index contributed by atoms with van der Waals surface area (Å²) < 4.78 is 1.09. The molecule has 0 unspecified atom stereocenters. The molecule has 0 radical (unpaired) electrons. The van der Waals surface area contributed by atoms with E-state index in [2.05, 4.69) is 4.98 Å². The zero-order chi connectivity index (χ0) is 16.1. The molecule has 0 atom stereocenters. The van der Waals surface area contributed by atoms with E-state index in [0.29, 0.717) is 10.4 Å². The predicted molar refractivity (Wildman–Crippen MR) is 77.3 cm³/mol. The van der Waals surface area contributed by atoms with Gasteiger partial charge in [0.1, 0.15) is 21.1 Å². The second-order valence-electron chi connectivity index (χ2n) is 5.21. The Kier molecular flexibility index (Phi) is 3.37. The van der Waals surface area contributed by atoms with Gasteiger partial charge in [-0.25, -0.2) is 14.6 Å². The summed E-state index contributed by atoms with van der Waals surface area (Å²) in [6.45, 7) is 5.86. The van der Waals surface area contributed by atoms with Crippen LogP contribution in [-0.2, 0) is 10.3 Å². The van der Waals surface area contributed by atoms with E-state index in [1.807, 2.05) is 0 Å². The first-order valence-corrected chi connectivity index (χ1v) is 6.90. The number of hydrogen-bond acceptors (Lipinski definition) is 5. The van der Waals surface area contributed by atoms with Gasteiger partial charge in [-0.1, -0.05) is 0 Å². The number of hydrogen-bond donors (Lipinski definition) is 2. The Morgan fingerprint density at radius 3 is 2.29 bits per heavy atom. The van der Waals surface area contributed by atoms with Gasteiger partial charge in [-0.05, 0) is 33.3 Å². The van der Waals surface area contributed by atoms with E-state index in [4.69, 9.17) is 5.11 Å². The molecule has 21 heavy (non-hydrogen) atoms. The van der Waals surface area contributed by atoms with Gasteiger partial charge in [0.05, 0.1) is 5.39 Å². The average molecular weight is 310 g/mol. The molecule has 0 aliphatic rings. The number of carboxylic acid groups (broad SMARTS) is 2. The Morgan fingerprint density at radius 2 is 1.81 bits per heavy atom. The highest BCUT2D eigenvalue weighted by atomic mass is 32.1. The van der Waals surface area contributed by atoms with Crippen LogP contribution in [0.4, 0.5) is 0 Å². The molecular formula is C13H14N2O5S. The van der Waals surface area contributed by atoms with E-state index in [1.165, 1.54) is 27.7 Å². The maximum Gasteiger partial charge on any atom is 0.346 e. The minimum atomic E-state index is -1.47. The van der Waals surface area contributed by atoms with Gasteiger partial charge >= 0.3 is 11.9 Å². The molecule has 0 spiro atoms. The van der Waals surface area contributed by atoms with Gasteiger partial charge in [0.2, 0.25) is 0 Å². The second kappa shape index (κ2) is 4.66. The lowest BCUT2D eigenvalue weighted by Crippen LogP contribution is -2.44. The van der Waals surface area contributed by atoms with Crippen molar-refractivity contribution in [2.24, 2.45) is 0 Å². The Balaban J connectivity index is 2.95. The highest BCUT2D eigenvalue weighted by Gasteiger charge is 2.33. The van der Waals surface area contributed by atoms with Crippen LogP contribution in [0.3, 0.4) is 0 Å². The minimum absolute atomic E-state index is 0.0416. The van der Waals surface area contributed by atoms with Crippen molar-refractivity contribution >= 4 is 33.5 Å². The SMILES string of the molecule is Cc1c(C(=O)O)sc2nc(C)n(C(C)(C)C(=O)O)c(=O)c12. The van der Waals surface area contributed by atoms with Crippen LogP contribution in [0.5, 0.6) is 0 Å². The van der Waals surface area contributed by atoms with Crippen LogP contribution >= 0.6 is 11.3 Å². The maximum absolute atomic E-state index is 12.6. The van der Waals surface area contributed by atoms with E-state index in [1.54, 1.807) is 0 Å². The molecule has 0 aliphatic heterocycles. The number of nitrogens with zero attached hydrogens (tertiary/aromatic N) is 2. The Bertz CT molecular complexity index is 831. The molecule has 2 aromatic rings. The first-order chi connectivity index (χ1) is 9.59. The summed E-state index contributed by atoms with van der Waals surface area (Å²) in [4.78, 5) is 39.7. The number of fused-ring (bicyclic) bond motifs is 1. The molecule has 0 bridgehead atoms. The third kappa shape index (κ3) is 2.11. The molecule has 2 heterocycles. The zero-order valence-corrected chi connectivity index (χ0v) is 12.7. The third-order valence-corrected chi connectivity index (χ3v) is 4.58. The highest BCUT2D eigenvalue weighted by Crippen LogP contribution is 2.28. The van der Waals surface area contributed by atoms with E-state index in [0.717, 1.165) is 15.9 Å². The summed E-state index contributed by atoms with van der Waals surface area (Å²) in [5.74, 6) is -2.06. The van der Waals surface area contributed by atoms with Crippen molar-refractivity contribution in [3.05, 3.63) is 26.6 Å². The van der Waals surface area contributed by atoms with Crippen molar-refractivity contribution in [1.29, 1.82) is 0 Å². The molecule has 2 rings (SSSR count). The average Bonchev–Trinajstić information content (AvgIpc) is 2.65. The molecule has 7 nitrogen and oxygen atoms in total. The number of aromatic nitrogens is 2. The van der Waals surface area contributed by atoms with Crippen molar-refractivity contribution < 1.29 is 19.8 Å². The van der Waals surface area contributed by atoms with Crippen molar-refractivity contribution in [1.82, 2.24) is 9.55 Å². The standard InChI is InChI=1S/C13H14N2O5S/c1-5-7-9(21-8(5)11(17)18)14-6(2)15(10(7)16)13(3,4)12(19)20/h1-4H3,(H,17,18)(H,19,20). The molecule has 2 aromatic heterocycles. The smallest absolute Gasteiger partial charge is 0.346 e. The van der Waals surface area contributed by atoms with Gasteiger partial charge in [-0.3, -0.25) is 9.36 Å². The first-order valence-electron chi connectivity index (χ1n) is 6.09. The molecule has 8 heteroatoms. The van der Waals surface area contributed by atoms with Gasteiger partial charge in [0, 0.05) is 0 Å². The van der Waals surface area contributed by atoms with Crippen molar-refractivity contribution in [2.75, 3.05) is 0 Å². The molecule has 0 fully saturated rings. The Hall–Kier alpha value is -2.22. The summed E-state index contributed by atoms with van der Waals surface area (Å²) in [5.41, 5.74) is -1.69. The largest absolute Gasteiger partial charge is 0.480 e. The van der Waals surface area contributed by atoms with Crippen LogP contribution in [0.1, 0.15) is 34.9 Å². The van der Waals surface area contributed by atoms with Crippen LogP contribution in [0.15, 0.2) is 4.79 Å². The van der Waals surface area contributed by atoms with Gasteiger partial charge in [-0.2, -0.15) is 0 Å². The van der Waals surface area contributed by atoms with Crippen LogP contribution in [-0.4, -0.2) is 31.7 Å². The van der Waals surface area contributed by atoms with Crippen molar-refractivity contribution in [3.8, 4) is 0 Å². The van der Waals surface area contributed by atoms with Gasteiger partial charge in [-0.15, -0.1) is 11.3 Å². The Labute approximate surface area is 123 Å². The van der Waals surface area contributed by atoms with Crippen molar-refractivity contribution in [2.45, 2.75) is 33.2 Å². The summed E-state index contributed by atoms with van der Waals surface area (Å²) in [5, 5.41) is 18.6. The van der Waals surface area contributed by atoms with Gasteiger partial charge in [0.15, 0.2) is 0 Å². The molecule has 0 saturated carbocycles. The van der Waals surface area contributed by atoms with Crippen LogP contribution < -0.4 is 5.56 Å². The normalized spacial score (nSPS) is 11.8. The predicted octanol–water partition coefficient (Wildman–Crippen LogP) is 1.59. The fraction of sp³-hybridized carbons (Fsp3) is 0.385. The number of thiophene rings is 1. The molecule has 112 valence electrons. The lowest BCUT2D eigenvalue weighted by atomic mass is 10.0. The molecule has 0 aromatic carbocycles. The number of carboxylic acids is 2. The van der Waals surface area contributed by atoms with Crippen molar-refractivity contribution in [3.63, 3.8) is 0 Å². The maximum atomic E-state index is 12.6. The quantitative estimate of drug-likeness (QED) is 0.891. The molecular weight excluding hydrogens is 296 g/mol. The lowest BCUT2D eigenvalue weighted by molar-refractivity contribution is -0.145. The van der Waals surface area contributed by atoms with Crippen LogP contribution in [0.2, 0.25) is 0 Å². The monoisotopic (exact) mass is 310 g/mol. The third-order valence-electron chi connectivity index (χ3n) is 3.41. The fourth-order valence-corrected chi connectivity index (χ4v) is 3.30. The van der Waals surface area contributed by atoms with E-state index >= 15 is 0 Å². The molecule has 0 aliphatic carbocycles. The second-order valence-corrected chi connectivity index (χ2v) is 6.20. The number of aryl methyl sites for hydroxylation is 2. The zero-order valence-electron chi connectivity index (χ0n) is 11.9.